The molecule has 3 heterocycles. The molecule has 1 aromatic heterocycles. The van der Waals surface area contributed by atoms with Crippen LogP contribution >= 0.6 is 0 Å². The van der Waals surface area contributed by atoms with Crippen molar-refractivity contribution in [1.82, 2.24) is 15.1 Å². The highest BCUT2D eigenvalue weighted by Crippen LogP contribution is 2.28. The summed E-state index contributed by atoms with van der Waals surface area (Å²) in [6.45, 7) is -0.108. The highest BCUT2D eigenvalue weighted by atomic mass is 19.4. The Morgan fingerprint density at radius 3 is 2.84 bits per heavy atom. The highest BCUT2D eigenvalue weighted by molar-refractivity contribution is 5.92. The largest absolute Gasteiger partial charge is 0.522 e. The van der Waals surface area contributed by atoms with Crippen molar-refractivity contribution in [2.45, 2.75) is 50.7 Å². The fourth-order valence-electron chi connectivity index (χ4n) is 3.70. The molecule has 0 saturated carbocycles. The van der Waals surface area contributed by atoms with Crippen molar-refractivity contribution >= 4 is 5.91 Å². The summed E-state index contributed by atoms with van der Waals surface area (Å²) in [6, 6.07) is 5.94. The van der Waals surface area contributed by atoms with Gasteiger partial charge >= 0.3 is 6.36 Å². The number of aromatic nitrogens is 2. The minimum Gasteiger partial charge on any atom is -0.491 e. The van der Waals surface area contributed by atoms with Gasteiger partial charge in [-0.3, -0.25) is 9.53 Å². The van der Waals surface area contributed by atoms with Crippen LogP contribution < -0.4 is 14.8 Å². The Kier molecular flexibility index (Phi) is 6.22. The quantitative estimate of drug-likeness (QED) is 0.642. The molecule has 4 rings (SSSR count). The number of alkyl halides is 5. The summed E-state index contributed by atoms with van der Waals surface area (Å²) in [6.07, 6.45) is -7.57. The lowest BCUT2D eigenvalue weighted by Gasteiger charge is -2.26. The highest BCUT2D eigenvalue weighted by Gasteiger charge is 2.32. The number of nitrogens with one attached hydrogen (secondary N) is 1. The van der Waals surface area contributed by atoms with Crippen LogP contribution in [0.5, 0.6) is 11.6 Å². The van der Waals surface area contributed by atoms with Gasteiger partial charge in [-0.1, -0.05) is 12.1 Å². The first-order valence-corrected chi connectivity index (χ1v) is 9.95. The minimum absolute atomic E-state index is 0.0246. The van der Waals surface area contributed by atoms with Crippen molar-refractivity contribution in [2.24, 2.45) is 0 Å². The van der Waals surface area contributed by atoms with E-state index in [1.165, 1.54) is 10.7 Å². The van der Waals surface area contributed by atoms with Crippen LogP contribution in [-0.4, -0.2) is 53.8 Å². The third-order valence-corrected chi connectivity index (χ3v) is 5.10. The third-order valence-electron chi connectivity index (χ3n) is 5.10. The number of hydrogen-bond donors (Lipinski definition) is 1. The van der Waals surface area contributed by atoms with Crippen molar-refractivity contribution in [3.05, 3.63) is 41.1 Å². The lowest BCUT2D eigenvalue weighted by molar-refractivity contribution is -0.325. The molecule has 2 aliphatic heterocycles. The van der Waals surface area contributed by atoms with Crippen LogP contribution in [0.4, 0.5) is 22.0 Å². The molecule has 7 nitrogen and oxygen atoms in total. The Morgan fingerprint density at radius 2 is 2.12 bits per heavy atom. The Labute approximate surface area is 179 Å². The normalized spacial score (nSPS) is 19.8. The van der Waals surface area contributed by atoms with E-state index >= 15 is 0 Å². The molecule has 0 radical (unpaired) electrons. The zero-order chi connectivity index (χ0) is 22.9. The fraction of sp³-hybridized carbons (Fsp3) is 0.500. The number of benzene rings is 1. The van der Waals surface area contributed by atoms with E-state index in [0.717, 1.165) is 5.56 Å². The third kappa shape index (κ3) is 5.47. The molecule has 1 amide bonds. The zero-order valence-corrected chi connectivity index (χ0v) is 16.7. The summed E-state index contributed by atoms with van der Waals surface area (Å²) in [4.78, 5) is 12.6. The van der Waals surface area contributed by atoms with Crippen LogP contribution in [0.2, 0.25) is 0 Å². The number of amides is 1. The summed E-state index contributed by atoms with van der Waals surface area (Å²) >= 11 is 0. The smallest absolute Gasteiger partial charge is 0.491 e. The molecule has 12 heteroatoms. The van der Waals surface area contributed by atoms with E-state index in [1.807, 2.05) is 0 Å². The number of hydrogen-bond acceptors (Lipinski definition) is 5. The summed E-state index contributed by atoms with van der Waals surface area (Å²) in [7, 11) is 0. The molecule has 174 valence electrons. The number of fused-ring (bicyclic) bond motifs is 2. The molecule has 1 N–H and O–H groups in total. The number of carbonyl (C=O) groups excluding carboxylic acids is 1. The molecular weight excluding hydrogens is 441 g/mol. The van der Waals surface area contributed by atoms with E-state index in [-0.39, 0.29) is 43.6 Å². The van der Waals surface area contributed by atoms with Crippen molar-refractivity contribution in [2.75, 3.05) is 13.2 Å². The van der Waals surface area contributed by atoms with Crippen LogP contribution in [0.3, 0.4) is 0 Å². The maximum absolute atomic E-state index is 12.6. The van der Waals surface area contributed by atoms with Gasteiger partial charge in [0.05, 0.1) is 19.2 Å². The maximum Gasteiger partial charge on any atom is 0.522 e. The SMILES string of the molecule is O=C(N[C@H]1COc2ccc(CC(F)F)cc2C1)c1cc2n(n1)CC(CCOC(F)(F)F)O2. The van der Waals surface area contributed by atoms with Gasteiger partial charge in [0.2, 0.25) is 12.3 Å². The summed E-state index contributed by atoms with van der Waals surface area (Å²) in [5.41, 5.74) is 1.33. The molecule has 0 spiro atoms. The van der Waals surface area contributed by atoms with E-state index in [4.69, 9.17) is 9.47 Å². The maximum atomic E-state index is 12.6. The van der Waals surface area contributed by atoms with Gasteiger partial charge in [-0.05, 0) is 23.6 Å². The molecule has 0 saturated heterocycles. The molecule has 0 bridgehead atoms. The second-order valence-electron chi connectivity index (χ2n) is 7.60. The van der Waals surface area contributed by atoms with E-state index in [0.29, 0.717) is 17.7 Å². The predicted molar refractivity (Wildman–Crippen MR) is 99.9 cm³/mol. The summed E-state index contributed by atoms with van der Waals surface area (Å²) < 4.78 is 77.7. The Hall–Kier alpha value is -2.89. The number of rotatable bonds is 7. The number of ether oxygens (including phenoxy) is 3. The van der Waals surface area contributed by atoms with E-state index in [9.17, 15) is 26.7 Å². The molecule has 32 heavy (non-hydrogen) atoms. The lowest BCUT2D eigenvalue weighted by Crippen LogP contribution is -2.43. The first-order valence-electron chi connectivity index (χ1n) is 9.95. The van der Waals surface area contributed by atoms with Crippen LogP contribution in [0.15, 0.2) is 24.3 Å². The van der Waals surface area contributed by atoms with Crippen LogP contribution in [0, 0.1) is 0 Å². The molecular formula is C20H20F5N3O4. The first-order chi connectivity index (χ1) is 15.2. The molecule has 1 aromatic carbocycles. The summed E-state index contributed by atoms with van der Waals surface area (Å²) in [5.74, 6) is 0.422. The van der Waals surface area contributed by atoms with E-state index < -0.39 is 31.4 Å². The van der Waals surface area contributed by atoms with Crippen molar-refractivity contribution < 1.29 is 41.0 Å². The second-order valence-corrected chi connectivity index (χ2v) is 7.60. The van der Waals surface area contributed by atoms with Gasteiger partial charge in [-0.2, -0.15) is 5.10 Å². The first kappa shape index (κ1) is 22.3. The van der Waals surface area contributed by atoms with Crippen molar-refractivity contribution in [3.8, 4) is 11.6 Å². The molecule has 2 aromatic rings. The molecule has 1 unspecified atom stereocenters. The van der Waals surface area contributed by atoms with E-state index in [1.54, 1.807) is 18.2 Å². The minimum atomic E-state index is -4.69. The molecule has 2 atom stereocenters. The number of nitrogens with zero attached hydrogens (tertiary/aromatic N) is 2. The van der Waals surface area contributed by atoms with Crippen LogP contribution in [-0.2, 0) is 24.1 Å². The second kappa shape index (κ2) is 8.93. The van der Waals surface area contributed by atoms with Gasteiger partial charge in [0, 0.05) is 18.9 Å². The van der Waals surface area contributed by atoms with Crippen LogP contribution in [0.25, 0.3) is 0 Å². The molecule has 0 fully saturated rings. The van der Waals surface area contributed by atoms with Crippen LogP contribution in [0.1, 0.15) is 28.0 Å². The molecule has 0 aliphatic carbocycles. The van der Waals surface area contributed by atoms with Gasteiger partial charge in [0.25, 0.3) is 5.91 Å². The summed E-state index contributed by atoms with van der Waals surface area (Å²) in [5, 5.41) is 6.95. The lowest BCUT2D eigenvalue weighted by atomic mass is 9.99. The van der Waals surface area contributed by atoms with Gasteiger partial charge in [0.15, 0.2) is 5.69 Å². The Balaban J connectivity index is 1.30. The van der Waals surface area contributed by atoms with Gasteiger partial charge in [-0.25, -0.2) is 13.5 Å². The van der Waals surface area contributed by atoms with Crippen molar-refractivity contribution in [1.29, 1.82) is 0 Å². The molecule has 2 aliphatic rings. The Bertz CT molecular complexity index is 955. The van der Waals surface area contributed by atoms with Gasteiger partial charge in [0.1, 0.15) is 18.5 Å². The topological polar surface area (TPSA) is 74.6 Å². The van der Waals surface area contributed by atoms with Gasteiger partial charge in [-0.15, -0.1) is 13.2 Å². The van der Waals surface area contributed by atoms with E-state index in [2.05, 4.69) is 15.2 Å². The average Bonchev–Trinajstić information content (AvgIpc) is 3.25. The monoisotopic (exact) mass is 461 g/mol. The van der Waals surface area contributed by atoms with Gasteiger partial charge < -0.3 is 14.8 Å². The average molecular weight is 461 g/mol. The predicted octanol–water partition coefficient (Wildman–Crippen LogP) is 3.11. The van der Waals surface area contributed by atoms with Crippen molar-refractivity contribution in [3.63, 3.8) is 0 Å². The number of halogens is 5. The zero-order valence-electron chi connectivity index (χ0n) is 16.7. The fourth-order valence-corrected chi connectivity index (χ4v) is 3.70. The standard InChI is InChI=1S/C20H20F5N3O4/c21-17(22)6-11-1-2-16-12(5-11)7-13(10-30-16)26-19(29)15-8-18-28(27-15)9-14(32-18)3-4-31-20(23,24)25/h1-2,5,8,13-14,17H,3-4,6-7,9-10H2,(H,26,29)/t13-,14?/m1/s1. The Morgan fingerprint density at radius 1 is 1.31 bits per heavy atom. The number of carbonyl (C=O) groups is 1.